The monoisotopic (exact) mass is 436 g/mol. The van der Waals surface area contributed by atoms with Gasteiger partial charge in [0.1, 0.15) is 0 Å². The third kappa shape index (κ3) is 4.88. The van der Waals surface area contributed by atoms with Crippen LogP contribution in [-0.4, -0.2) is 48.8 Å². The fourth-order valence-electron chi connectivity index (χ4n) is 3.98. The molecule has 0 bridgehead atoms. The predicted molar refractivity (Wildman–Crippen MR) is 113 cm³/mol. The van der Waals surface area contributed by atoms with Crippen LogP contribution in [0.25, 0.3) is 0 Å². The second-order valence-corrected chi connectivity index (χ2v) is 8.95. The maximum Gasteiger partial charge on any atom is 0.266 e. The number of nitrogens with two attached hydrogens (primary N) is 1. The fourth-order valence-corrected chi connectivity index (χ4v) is 5.45. The normalized spacial score (nSPS) is 21.0. The van der Waals surface area contributed by atoms with Crippen molar-refractivity contribution in [3.05, 3.63) is 29.8 Å². The van der Waals surface area contributed by atoms with Crippen LogP contribution in [0.3, 0.4) is 0 Å². The van der Waals surface area contributed by atoms with Crippen LogP contribution in [0.2, 0.25) is 0 Å². The number of nitrogens with one attached hydrogen (secondary N) is 1. The van der Waals surface area contributed by atoms with E-state index in [4.69, 9.17) is 11.1 Å². The van der Waals surface area contributed by atoms with Crippen LogP contribution in [0.15, 0.2) is 29.2 Å². The van der Waals surface area contributed by atoms with E-state index < -0.39 is 10.0 Å². The third-order valence-electron chi connectivity index (χ3n) is 5.30. The van der Waals surface area contributed by atoms with Gasteiger partial charge in [0.25, 0.3) is 10.0 Å². The molecule has 0 aromatic heterocycles. The lowest BCUT2D eigenvalue weighted by Crippen LogP contribution is -2.44. The summed E-state index contributed by atoms with van der Waals surface area (Å²) in [6.45, 7) is 2.90. The number of sulfonamides is 1. The molecule has 1 aromatic carbocycles. The molecule has 3 N–H and O–H groups in total. The van der Waals surface area contributed by atoms with Crippen molar-refractivity contribution in [1.29, 1.82) is 5.41 Å². The van der Waals surface area contributed by atoms with Gasteiger partial charge in [-0.25, -0.2) is 12.7 Å². The Morgan fingerprint density at radius 3 is 2.26 bits per heavy atom. The summed E-state index contributed by atoms with van der Waals surface area (Å²) in [5, 5.41) is 8.50. The Morgan fingerprint density at radius 1 is 1.11 bits per heavy atom. The summed E-state index contributed by atoms with van der Waals surface area (Å²) in [6, 6.07) is 7.21. The van der Waals surface area contributed by atoms with Crippen molar-refractivity contribution < 1.29 is 8.42 Å². The Morgan fingerprint density at radius 2 is 1.70 bits per heavy atom. The molecule has 1 aliphatic carbocycles. The topological polar surface area (TPSA) is 90.5 Å². The zero-order valence-corrected chi connectivity index (χ0v) is 18.1. The summed E-state index contributed by atoms with van der Waals surface area (Å²) in [4.78, 5) is 2.26. The minimum Gasteiger partial charge on any atom is -0.335 e. The van der Waals surface area contributed by atoms with Gasteiger partial charge in [-0.05, 0) is 50.4 Å². The number of hydrogen-bond acceptors (Lipinski definition) is 4. The van der Waals surface area contributed by atoms with Gasteiger partial charge in [0.15, 0.2) is 0 Å². The lowest BCUT2D eigenvalue weighted by Gasteiger charge is -2.34. The molecule has 1 aliphatic heterocycles. The largest absolute Gasteiger partial charge is 0.335 e. The standard InChI is InChI=1S/C18H28N4O2S.2ClH/c1-14-13-21(18(20)22(14)16-5-3-2-4-6-16)25(23,24)17-9-7-15(8-10-17)11-12-19;;/h7-10,14,16,20H,2-6,11-13,19H2,1H3;2*1H. The molecule has 2 aliphatic rings. The first-order valence-electron chi connectivity index (χ1n) is 9.14. The van der Waals surface area contributed by atoms with Crippen LogP contribution in [0.5, 0.6) is 0 Å². The van der Waals surface area contributed by atoms with Crippen LogP contribution in [-0.2, 0) is 16.4 Å². The molecular formula is C18H30Cl2N4O2S. The van der Waals surface area contributed by atoms with Gasteiger partial charge in [0, 0.05) is 12.1 Å². The molecule has 2 fully saturated rings. The zero-order chi connectivity index (χ0) is 18.0. The van der Waals surface area contributed by atoms with Crippen LogP contribution < -0.4 is 5.73 Å². The summed E-state index contributed by atoms with van der Waals surface area (Å²) in [5.74, 6) is 0.130. The number of benzene rings is 1. The minimum absolute atomic E-state index is 0. The Labute approximate surface area is 174 Å². The summed E-state index contributed by atoms with van der Waals surface area (Å²) < 4.78 is 27.3. The molecule has 1 saturated heterocycles. The highest BCUT2D eigenvalue weighted by molar-refractivity contribution is 7.89. The Balaban J connectivity index is 0.00000182. The first-order valence-corrected chi connectivity index (χ1v) is 10.6. The van der Waals surface area contributed by atoms with Gasteiger partial charge in [0.05, 0.1) is 11.4 Å². The highest BCUT2D eigenvalue weighted by Gasteiger charge is 2.42. The summed E-state index contributed by atoms with van der Waals surface area (Å²) in [7, 11) is -3.69. The number of rotatable bonds is 5. The number of nitrogens with zero attached hydrogens (tertiary/aromatic N) is 2. The van der Waals surface area contributed by atoms with Gasteiger partial charge >= 0.3 is 0 Å². The van der Waals surface area contributed by atoms with E-state index in [1.54, 1.807) is 12.1 Å². The molecule has 0 amide bonds. The van der Waals surface area contributed by atoms with Gasteiger partial charge < -0.3 is 10.6 Å². The highest BCUT2D eigenvalue weighted by atomic mass is 35.5. The van der Waals surface area contributed by atoms with E-state index in [-0.39, 0.29) is 41.7 Å². The van der Waals surface area contributed by atoms with Crippen molar-refractivity contribution in [2.75, 3.05) is 13.1 Å². The SMILES string of the molecule is CC1CN(S(=O)(=O)c2ccc(CCN)cc2)C(=N)N1C1CCCCC1.Cl.Cl. The molecule has 1 saturated carbocycles. The van der Waals surface area contributed by atoms with Crippen molar-refractivity contribution in [3.63, 3.8) is 0 Å². The van der Waals surface area contributed by atoms with Crippen molar-refractivity contribution in [2.24, 2.45) is 5.73 Å². The van der Waals surface area contributed by atoms with Gasteiger partial charge in [0.2, 0.25) is 5.96 Å². The second-order valence-electron chi connectivity index (χ2n) is 7.09. The average Bonchev–Trinajstić information content (AvgIpc) is 2.92. The van der Waals surface area contributed by atoms with E-state index in [1.165, 1.54) is 10.7 Å². The van der Waals surface area contributed by atoms with Gasteiger partial charge in [-0.2, -0.15) is 0 Å². The molecule has 1 unspecified atom stereocenters. The second kappa shape index (κ2) is 9.96. The van der Waals surface area contributed by atoms with Gasteiger partial charge in [-0.15, -0.1) is 24.8 Å². The maximum absolute atomic E-state index is 13.0. The molecule has 1 aromatic rings. The Kier molecular flexibility index (Phi) is 8.86. The molecule has 0 spiro atoms. The quantitative estimate of drug-likeness (QED) is 0.741. The van der Waals surface area contributed by atoms with E-state index in [9.17, 15) is 8.42 Å². The molecule has 9 heteroatoms. The summed E-state index contributed by atoms with van der Waals surface area (Å²) in [5.41, 5.74) is 6.57. The number of halogens is 2. The fraction of sp³-hybridized carbons (Fsp3) is 0.611. The lowest BCUT2D eigenvalue weighted by atomic mass is 9.94. The van der Waals surface area contributed by atoms with Crippen molar-refractivity contribution in [1.82, 2.24) is 9.21 Å². The zero-order valence-electron chi connectivity index (χ0n) is 15.6. The average molecular weight is 437 g/mol. The molecular weight excluding hydrogens is 407 g/mol. The van der Waals surface area contributed by atoms with E-state index in [0.29, 0.717) is 19.1 Å². The van der Waals surface area contributed by atoms with Crippen molar-refractivity contribution >= 4 is 40.8 Å². The van der Waals surface area contributed by atoms with Crippen LogP contribution in [0, 0.1) is 5.41 Å². The molecule has 154 valence electrons. The van der Waals surface area contributed by atoms with E-state index in [1.807, 2.05) is 24.0 Å². The lowest BCUT2D eigenvalue weighted by molar-refractivity contribution is 0.219. The Hall–Kier alpha value is -1.02. The Bertz CT molecular complexity index is 721. The molecule has 3 rings (SSSR count). The smallest absolute Gasteiger partial charge is 0.266 e. The van der Waals surface area contributed by atoms with Crippen molar-refractivity contribution in [3.8, 4) is 0 Å². The molecule has 1 atom stereocenters. The van der Waals surface area contributed by atoms with Crippen LogP contribution >= 0.6 is 24.8 Å². The van der Waals surface area contributed by atoms with Crippen LogP contribution in [0.1, 0.15) is 44.6 Å². The van der Waals surface area contributed by atoms with Crippen LogP contribution in [0.4, 0.5) is 0 Å². The number of guanidine groups is 1. The third-order valence-corrected chi connectivity index (χ3v) is 7.07. The summed E-state index contributed by atoms with van der Waals surface area (Å²) >= 11 is 0. The van der Waals surface area contributed by atoms with Gasteiger partial charge in [-0.3, -0.25) is 5.41 Å². The molecule has 0 radical (unpaired) electrons. The van der Waals surface area contributed by atoms with E-state index in [2.05, 4.69) is 0 Å². The highest BCUT2D eigenvalue weighted by Crippen LogP contribution is 2.31. The number of hydrogen-bond donors (Lipinski definition) is 2. The first-order chi connectivity index (χ1) is 11.9. The molecule has 1 heterocycles. The maximum atomic E-state index is 13.0. The summed E-state index contributed by atoms with van der Waals surface area (Å²) in [6.07, 6.45) is 6.39. The minimum atomic E-state index is -3.69. The predicted octanol–water partition coefficient (Wildman–Crippen LogP) is 2.99. The molecule has 6 nitrogen and oxygen atoms in total. The van der Waals surface area contributed by atoms with Gasteiger partial charge in [-0.1, -0.05) is 31.4 Å². The van der Waals surface area contributed by atoms with E-state index in [0.717, 1.165) is 37.7 Å². The van der Waals surface area contributed by atoms with E-state index >= 15 is 0 Å². The molecule has 27 heavy (non-hydrogen) atoms. The first kappa shape index (κ1) is 24.0. The van der Waals surface area contributed by atoms with Crippen molar-refractivity contribution in [2.45, 2.75) is 62.4 Å².